The SMILES string of the molecule is CCC(C)C(NC(=O)C(NC(=O)C(C)N(CC)C(=O)C(Cc1cnc[nH]1)NC(=O)C1CCCN1C(=O)CNC(=O)C(C)NC(=O)C(N)CCSC)C(C)C)C(=O)NC(C(=O)NC(C(=O)NC(C(=O)NCC(=O)N1CCCC1C(=O)NC(Cc1cnc[nH]1)C(=O)NC(CCC(=O)O)C(=O)NC(CCC(=O)O)C(=O)O)C(C)O)C(C)CC)C(C)C. The van der Waals surface area contributed by atoms with Crippen molar-refractivity contribution >= 4 is 118 Å². The van der Waals surface area contributed by atoms with Gasteiger partial charge in [-0.1, -0.05) is 68.2 Å². The van der Waals surface area contributed by atoms with Gasteiger partial charge in [-0.3, -0.25) is 81.5 Å². The van der Waals surface area contributed by atoms with Crippen LogP contribution in [0, 0.1) is 23.7 Å². The van der Waals surface area contributed by atoms with Crippen LogP contribution in [0.3, 0.4) is 0 Å². The summed E-state index contributed by atoms with van der Waals surface area (Å²) in [6, 6.07) is -19.1. The van der Waals surface area contributed by atoms with Crippen LogP contribution in [0.5, 0.6) is 0 Å². The summed E-state index contributed by atoms with van der Waals surface area (Å²) < 4.78 is 0. The average molecular weight is 1690 g/mol. The first-order valence-electron chi connectivity index (χ1n) is 39.6. The Bertz CT molecular complexity index is 3790. The number of nitrogens with two attached hydrogens (primary N) is 1. The molecule has 2 saturated heterocycles. The number of aliphatic hydroxyl groups is 1. The van der Waals surface area contributed by atoms with Gasteiger partial charge in [-0.25, -0.2) is 14.8 Å². The number of carbonyl (C=O) groups is 18. The van der Waals surface area contributed by atoms with Gasteiger partial charge in [0.15, 0.2) is 0 Å². The maximum absolute atomic E-state index is 14.7. The third-order valence-corrected chi connectivity index (χ3v) is 21.3. The van der Waals surface area contributed by atoms with Gasteiger partial charge in [-0.15, -0.1) is 0 Å². The Labute approximate surface area is 688 Å². The van der Waals surface area contributed by atoms with Crippen molar-refractivity contribution in [1.29, 1.82) is 0 Å². The summed E-state index contributed by atoms with van der Waals surface area (Å²) in [4.78, 5) is 262. The van der Waals surface area contributed by atoms with E-state index in [4.69, 9.17) is 10.8 Å². The number of amides is 15. The third-order valence-electron chi connectivity index (χ3n) is 20.7. The van der Waals surface area contributed by atoms with Crippen LogP contribution in [-0.4, -0.2) is 297 Å². The van der Waals surface area contributed by atoms with Crippen molar-refractivity contribution in [2.45, 2.75) is 257 Å². The second kappa shape index (κ2) is 48.8. The molecule has 42 nitrogen and oxygen atoms in total. The molecule has 658 valence electrons. The number of likely N-dealkylation sites (N-methyl/N-ethyl adjacent to an activating group) is 1. The number of carboxylic acid groups (broad SMARTS) is 3. The van der Waals surface area contributed by atoms with E-state index in [-0.39, 0.29) is 63.9 Å². The van der Waals surface area contributed by atoms with E-state index in [9.17, 15) is 102 Å². The van der Waals surface area contributed by atoms with Crippen LogP contribution in [0.2, 0.25) is 0 Å². The Morgan fingerprint density at radius 1 is 0.500 bits per heavy atom. The second-order valence-electron chi connectivity index (χ2n) is 30.3. The van der Waals surface area contributed by atoms with Crippen LogP contribution in [0.15, 0.2) is 25.0 Å². The molecule has 0 radical (unpaired) electrons. The molecule has 0 aliphatic carbocycles. The van der Waals surface area contributed by atoms with E-state index in [0.717, 1.165) is 4.90 Å². The molecule has 4 heterocycles. The summed E-state index contributed by atoms with van der Waals surface area (Å²) in [6.45, 7) is 17.6. The van der Waals surface area contributed by atoms with E-state index in [2.05, 4.69) is 83.7 Å². The fourth-order valence-corrected chi connectivity index (χ4v) is 13.6. The number of nitrogens with zero attached hydrogens (tertiary/aromatic N) is 5. The quantitative estimate of drug-likeness (QED) is 0.0299. The minimum Gasteiger partial charge on any atom is -0.481 e. The van der Waals surface area contributed by atoms with E-state index >= 15 is 0 Å². The lowest BCUT2D eigenvalue weighted by Crippen LogP contribution is -2.63. The predicted molar refractivity (Wildman–Crippen MR) is 425 cm³/mol. The Hall–Kier alpha value is -10.8. The van der Waals surface area contributed by atoms with Crippen LogP contribution in [0.1, 0.15) is 165 Å². The van der Waals surface area contributed by atoms with Crippen LogP contribution in [-0.2, 0) is 99.1 Å². The molecule has 0 bridgehead atoms. The Morgan fingerprint density at radius 2 is 0.915 bits per heavy atom. The van der Waals surface area contributed by atoms with Gasteiger partial charge >= 0.3 is 17.9 Å². The number of aliphatic hydroxyl groups excluding tert-OH is 1. The van der Waals surface area contributed by atoms with Crippen LogP contribution in [0.25, 0.3) is 0 Å². The summed E-state index contributed by atoms with van der Waals surface area (Å²) in [5.74, 6) is -18.8. The smallest absolute Gasteiger partial charge is 0.326 e. The maximum atomic E-state index is 14.7. The van der Waals surface area contributed by atoms with Gasteiger partial charge in [0.2, 0.25) is 88.6 Å². The molecule has 17 atom stereocenters. The number of aromatic amines is 2. The van der Waals surface area contributed by atoms with Gasteiger partial charge in [0, 0.05) is 69.1 Å². The molecule has 2 aromatic rings. The molecule has 2 aliphatic rings. The molecule has 15 amide bonds. The molecular formula is C75H120N20O22S. The van der Waals surface area contributed by atoms with Crippen molar-refractivity contribution in [3.63, 3.8) is 0 Å². The topological polar surface area (TPSA) is 626 Å². The van der Waals surface area contributed by atoms with Gasteiger partial charge in [0.1, 0.15) is 78.5 Å². The number of rotatable bonds is 50. The minimum atomic E-state index is -1.77. The summed E-state index contributed by atoms with van der Waals surface area (Å²) in [6.07, 6.45) is 4.57. The number of thioether (sulfide) groups is 1. The number of carbonyl (C=O) groups excluding carboxylic acids is 15. The predicted octanol–water partition coefficient (Wildman–Crippen LogP) is -4.08. The summed E-state index contributed by atoms with van der Waals surface area (Å²) in [5, 5.41) is 69.7. The van der Waals surface area contributed by atoms with Gasteiger partial charge < -0.3 is 115 Å². The lowest BCUT2D eigenvalue weighted by atomic mass is 9.94. The zero-order valence-electron chi connectivity index (χ0n) is 69.1. The molecule has 0 aromatic carbocycles. The fourth-order valence-electron chi connectivity index (χ4n) is 13.1. The number of imidazole rings is 2. The monoisotopic (exact) mass is 1680 g/mol. The molecule has 2 aromatic heterocycles. The van der Waals surface area contributed by atoms with E-state index in [1.54, 1.807) is 62.3 Å². The summed E-state index contributed by atoms with van der Waals surface area (Å²) >= 11 is 1.51. The molecule has 0 saturated carbocycles. The van der Waals surface area contributed by atoms with Crippen molar-refractivity contribution < 1.29 is 107 Å². The van der Waals surface area contributed by atoms with E-state index < -0.39 is 260 Å². The van der Waals surface area contributed by atoms with Crippen molar-refractivity contribution in [3.05, 3.63) is 36.4 Å². The summed E-state index contributed by atoms with van der Waals surface area (Å²) in [7, 11) is 0. The zero-order chi connectivity index (χ0) is 88.5. The molecule has 17 unspecified atom stereocenters. The number of H-pyrrole nitrogens is 2. The van der Waals surface area contributed by atoms with Gasteiger partial charge in [0.05, 0.1) is 37.9 Å². The molecule has 2 aliphatic heterocycles. The molecule has 4 rings (SSSR count). The number of likely N-dealkylation sites (tertiary alicyclic amines) is 2. The third kappa shape index (κ3) is 30.6. The molecule has 118 heavy (non-hydrogen) atoms. The highest BCUT2D eigenvalue weighted by Gasteiger charge is 2.43. The van der Waals surface area contributed by atoms with Crippen LogP contribution >= 0.6 is 11.8 Å². The lowest BCUT2D eigenvalue weighted by molar-refractivity contribution is -0.145. The Kier molecular flexibility index (Phi) is 41.1. The van der Waals surface area contributed by atoms with Crippen LogP contribution in [0.4, 0.5) is 0 Å². The van der Waals surface area contributed by atoms with E-state index in [1.165, 1.54) is 67.4 Å². The highest BCUT2D eigenvalue weighted by atomic mass is 32.2. The number of aromatic nitrogens is 4. The molecule has 0 spiro atoms. The normalized spacial score (nSPS) is 17.7. The number of nitrogens with one attached hydrogen (secondary N) is 14. The van der Waals surface area contributed by atoms with E-state index in [1.807, 2.05) is 6.26 Å². The molecular weight excluding hydrogens is 1570 g/mol. The number of hydrogen-bond acceptors (Lipinski definition) is 23. The first-order valence-corrected chi connectivity index (χ1v) is 41.0. The first kappa shape index (κ1) is 99.5. The Balaban J connectivity index is 1.44. The zero-order valence-corrected chi connectivity index (χ0v) is 69.9. The molecule has 20 N–H and O–H groups in total. The lowest BCUT2D eigenvalue weighted by Gasteiger charge is -2.34. The summed E-state index contributed by atoms with van der Waals surface area (Å²) in [5.41, 5.74) is 6.67. The highest BCUT2D eigenvalue weighted by Crippen LogP contribution is 2.22. The van der Waals surface area contributed by atoms with Crippen molar-refractivity contribution in [3.8, 4) is 0 Å². The standard InChI is InChI=1S/C75H120N20O22S/c1-14-39(8)59(90-70(111)57(37(4)5)88-63(104)42(11)93(16-3)74(115)50(30-45-32-78-36-82-45)87-68(109)52-20-18-27-95(52)53(97)33-79-62(103)41(10)83-64(105)46(76)25-28-118-13)72(113)89-58(38(6)7)71(112)91-60(40(9)15-2)73(114)92-61(43(12)96)69(110)80-34-54(98)94-26-17-19-51(94)67(108)86-49(29-44-31-77-35-81-44)66(107)84-47(21-23-55(99)100)65(106)85-48(75(116)117)22-24-56(101)102/h31-32,35-43,46-52,57-61,96H,14-30,33-34,76H2,1-13H3,(H,77,81)(H,78,82)(H,79,103)(H,80,110)(H,83,105)(H,84,107)(H,85,106)(H,86,108)(H,87,109)(H,88,104)(H,89,113)(H,90,111)(H,91,112)(H,92,114)(H,99,100)(H,101,102)(H,116,117). The van der Waals surface area contributed by atoms with Crippen molar-refractivity contribution in [1.82, 2.24) is 98.4 Å². The number of carboxylic acids is 3. The van der Waals surface area contributed by atoms with Crippen molar-refractivity contribution in [2.24, 2.45) is 29.4 Å². The number of aliphatic carboxylic acids is 3. The van der Waals surface area contributed by atoms with Gasteiger partial charge in [0.25, 0.3) is 0 Å². The second-order valence-corrected chi connectivity index (χ2v) is 31.3. The van der Waals surface area contributed by atoms with Gasteiger partial charge in [-0.2, -0.15) is 11.8 Å². The van der Waals surface area contributed by atoms with Crippen LogP contribution < -0.4 is 69.5 Å². The largest absolute Gasteiger partial charge is 0.481 e. The number of hydrogen-bond donors (Lipinski definition) is 19. The van der Waals surface area contributed by atoms with E-state index in [0.29, 0.717) is 30.7 Å². The Morgan fingerprint density at radius 3 is 1.34 bits per heavy atom. The maximum Gasteiger partial charge on any atom is 0.326 e. The van der Waals surface area contributed by atoms with Gasteiger partial charge in [-0.05, 0) is 108 Å². The fraction of sp³-hybridized carbons (Fsp3) is 0.680. The first-order chi connectivity index (χ1) is 55.6. The average Bonchev–Trinajstić information content (AvgIpc) is 0.967. The molecule has 2 fully saturated rings. The minimum absolute atomic E-state index is 0.0260. The van der Waals surface area contributed by atoms with Crippen molar-refractivity contribution in [2.75, 3.05) is 44.7 Å². The molecule has 43 heteroatoms. The highest BCUT2D eigenvalue weighted by molar-refractivity contribution is 7.98.